The molecule has 0 unspecified atom stereocenters. The molecule has 0 saturated carbocycles. The number of benzene rings is 2. The highest BCUT2D eigenvalue weighted by Crippen LogP contribution is 2.34. The third-order valence-electron chi connectivity index (χ3n) is 5.09. The van der Waals surface area contributed by atoms with E-state index in [1.807, 2.05) is 37.3 Å². The van der Waals surface area contributed by atoms with Crippen LogP contribution in [0.3, 0.4) is 0 Å². The first-order valence-corrected chi connectivity index (χ1v) is 10.9. The van der Waals surface area contributed by atoms with E-state index in [1.165, 1.54) is 17.4 Å². The SMILES string of the molecule is CCOc1ccc(-c2nc(C)c(C(=O)Nc3c(F)cccc3N3CCCC3)s2)cc1. The molecule has 1 aliphatic rings. The third-order valence-corrected chi connectivity index (χ3v) is 6.30. The molecule has 156 valence electrons. The molecule has 1 aliphatic heterocycles. The fourth-order valence-corrected chi connectivity index (χ4v) is 4.59. The first-order chi connectivity index (χ1) is 14.6. The van der Waals surface area contributed by atoms with Crippen molar-refractivity contribution < 1.29 is 13.9 Å². The van der Waals surface area contributed by atoms with Crippen LogP contribution in [0.2, 0.25) is 0 Å². The molecule has 0 radical (unpaired) electrons. The fraction of sp³-hybridized carbons (Fsp3) is 0.304. The number of hydrogen-bond donors (Lipinski definition) is 1. The highest BCUT2D eigenvalue weighted by Gasteiger charge is 2.22. The van der Waals surface area contributed by atoms with Gasteiger partial charge in [-0.15, -0.1) is 11.3 Å². The molecule has 7 heteroatoms. The molecule has 0 atom stereocenters. The number of ether oxygens (including phenoxy) is 1. The lowest BCUT2D eigenvalue weighted by Gasteiger charge is -2.21. The monoisotopic (exact) mass is 425 g/mol. The van der Waals surface area contributed by atoms with Gasteiger partial charge in [0.05, 0.1) is 18.0 Å². The smallest absolute Gasteiger partial charge is 0.267 e. The first kappa shape index (κ1) is 20.3. The number of nitrogens with one attached hydrogen (secondary N) is 1. The lowest BCUT2D eigenvalue weighted by atomic mass is 10.2. The number of anilines is 2. The van der Waals surface area contributed by atoms with Crippen LogP contribution in [0.4, 0.5) is 15.8 Å². The van der Waals surface area contributed by atoms with Gasteiger partial charge >= 0.3 is 0 Å². The highest BCUT2D eigenvalue weighted by molar-refractivity contribution is 7.17. The third kappa shape index (κ3) is 4.16. The second-order valence-electron chi connectivity index (χ2n) is 7.17. The molecule has 2 heterocycles. The van der Waals surface area contributed by atoms with E-state index in [0.717, 1.165) is 47.9 Å². The van der Waals surface area contributed by atoms with Crippen LogP contribution < -0.4 is 15.0 Å². The van der Waals surface area contributed by atoms with Crippen LogP contribution in [-0.4, -0.2) is 30.6 Å². The minimum absolute atomic E-state index is 0.236. The van der Waals surface area contributed by atoms with Crippen LogP contribution in [0, 0.1) is 12.7 Å². The Labute approximate surface area is 179 Å². The van der Waals surface area contributed by atoms with Gasteiger partial charge < -0.3 is 15.0 Å². The average molecular weight is 426 g/mol. The number of thiazole rings is 1. The Morgan fingerprint density at radius 2 is 1.93 bits per heavy atom. The molecule has 0 aliphatic carbocycles. The van der Waals surface area contributed by atoms with E-state index < -0.39 is 5.82 Å². The molecule has 1 fully saturated rings. The summed E-state index contributed by atoms with van der Waals surface area (Å²) in [4.78, 5) is 20.1. The van der Waals surface area contributed by atoms with E-state index >= 15 is 0 Å². The molecule has 30 heavy (non-hydrogen) atoms. The Kier molecular flexibility index (Phi) is 5.99. The van der Waals surface area contributed by atoms with E-state index in [1.54, 1.807) is 13.0 Å². The van der Waals surface area contributed by atoms with Gasteiger partial charge in [-0.05, 0) is 63.1 Å². The lowest BCUT2D eigenvalue weighted by Crippen LogP contribution is -2.22. The van der Waals surface area contributed by atoms with Gasteiger partial charge in [0, 0.05) is 18.7 Å². The van der Waals surface area contributed by atoms with E-state index in [0.29, 0.717) is 17.2 Å². The summed E-state index contributed by atoms with van der Waals surface area (Å²) >= 11 is 1.30. The summed E-state index contributed by atoms with van der Waals surface area (Å²) in [5, 5.41) is 3.54. The summed E-state index contributed by atoms with van der Waals surface area (Å²) in [6.07, 6.45) is 2.15. The van der Waals surface area contributed by atoms with Crippen LogP contribution in [0.15, 0.2) is 42.5 Å². The first-order valence-electron chi connectivity index (χ1n) is 10.1. The van der Waals surface area contributed by atoms with Gasteiger partial charge in [-0.2, -0.15) is 0 Å². The number of carbonyl (C=O) groups excluding carboxylic acids is 1. The van der Waals surface area contributed by atoms with Crippen molar-refractivity contribution in [1.82, 2.24) is 4.98 Å². The lowest BCUT2D eigenvalue weighted by molar-refractivity contribution is 0.102. The number of halogens is 1. The molecule has 1 saturated heterocycles. The predicted molar refractivity (Wildman–Crippen MR) is 119 cm³/mol. The normalized spacial score (nSPS) is 13.5. The van der Waals surface area contributed by atoms with E-state index in [9.17, 15) is 9.18 Å². The van der Waals surface area contributed by atoms with Gasteiger partial charge in [-0.3, -0.25) is 4.79 Å². The zero-order valence-corrected chi connectivity index (χ0v) is 17.9. The van der Waals surface area contributed by atoms with E-state index in [2.05, 4.69) is 15.2 Å². The van der Waals surface area contributed by atoms with Gasteiger partial charge in [0.2, 0.25) is 0 Å². The zero-order chi connectivity index (χ0) is 21.1. The van der Waals surface area contributed by atoms with Crippen molar-refractivity contribution in [3.8, 4) is 16.3 Å². The molecule has 5 nitrogen and oxygen atoms in total. The Bertz CT molecular complexity index is 1040. The standard InChI is InChI=1S/C23H24FN3O2S/c1-3-29-17-11-9-16(10-12-17)23-25-15(2)21(30-23)22(28)26-20-18(24)7-6-8-19(20)27-13-4-5-14-27/h6-12H,3-5,13-14H2,1-2H3,(H,26,28). The number of nitrogens with zero attached hydrogens (tertiary/aromatic N) is 2. The van der Waals surface area contributed by atoms with Crippen molar-refractivity contribution in [2.45, 2.75) is 26.7 Å². The van der Waals surface area contributed by atoms with Crippen molar-refractivity contribution in [2.75, 3.05) is 29.9 Å². The molecular weight excluding hydrogens is 401 g/mol. The van der Waals surface area contributed by atoms with Crippen molar-refractivity contribution in [3.05, 3.63) is 58.9 Å². The van der Waals surface area contributed by atoms with Gasteiger partial charge in [-0.1, -0.05) is 6.07 Å². The van der Waals surface area contributed by atoms with Gasteiger partial charge in [0.1, 0.15) is 27.1 Å². The van der Waals surface area contributed by atoms with E-state index in [-0.39, 0.29) is 11.6 Å². The molecule has 0 bridgehead atoms. The molecule has 4 rings (SSSR count). The summed E-state index contributed by atoms with van der Waals surface area (Å²) in [7, 11) is 0. The van der Waals surface area contributed by atoms with Gasteiger partial charge in [0.25, 0.3) is 5.91 Å². The second kappa shape index (κ2) is 8.83. The minimum atomic E-state index is -0.429. The van der Waals surface area contributed by atoms with Crippen LogP contribution >= 0.6 is 11.3 Å². The highest BCUT2D eigenvalue weighted by atomic mass is 32.1. The summed E-state index contributed by atoms with van der Waals surface area (Å²) in [5.74, 6) is 0.0240. The van der Waals surface area contributed by atoms with Crippen molar-refractivity contribution >= 4 is 28.6 Å². The zero-order valence-electron chi connectivity index (χ0n) is 17.1. The number of rotatable bonds is 6. The summed E-state index contributed by atoms with van der Waals surface area (Å²) in [5.41, 5.74) is 2.50. The number of amides is 1. The molecule has 0 spiro atoms. The predicted octanol–water partition coefficient (Wildman–Crippen LogP) is 5.51. The average Bonchev–Trinajstić information content (AvgIpc) is 3.40. The number of hydrogen-bond acceptors (Lipinski definition) is 5. The van der Waals surface area contributed by atoms with Crippen LogP contribution in [0.25, 0.3) is 10.6 Å². The van der Waals surface area contributed by atoms with Gasteiger partial charge in [0.15, 0.2) is 0 Å². The van der Waals surface area contributed by atoms with Crippen LogP contribution in [0.1, 0.15) is 35.1 Å². The van der Waals surface area contributed by atoms with Crippen molar-refractivity contribution in [3.63, 3.8) is 0 Å². The molecule has 3 aromatic rings. The topological polar surface area (TPSA) is 54.5 Å². The Hall–Kier alpha value is -2.93. The molecule has 1 amide bonds. The maximum absolute atomic E-state index is 14.6. The molecular formula is C23H24FN3O2S. The summed E-state index contributed by atoms with van der Waals surface area (Å²) in [6.45, 7) is 6.08. The molecule has 1 N–H and O–H groups in total. The Morgan fingerprint density at radius 3 is 2.63 bits per heavy atom. The largest absolute Gasteiger partial charge is 0.494 e. The quantitative estimate of drug-likeness (QED) is 0.566. The summed E-state index contributed by atoms with van der Waals surface area (Å²) < 4.78 is 20.1. The number of carbonyl (C=O) groups is 1. The van der Waals surface area contributed by atoms with Crippen LogP contribution in [0.5, 0.6) is 5.75 Å². The van der Waals surface area contributed by atoms with Crippen LogP contribution in [-0.2, 0) is 0 Å². The Morgan fingerprint density at radius 1 is 1.20 bits per heavy atom. The van der Waals surface area contributed by atoms with Crippen molar-refractivity contribution in [2.24, 2.45) is 0 Å². The molecule has 2 aromatic carbocycles. The molecule has 1 aromatic heterocycles. The number of aromatic nitrogens is 1. The number of para-hydroxylation sites is 1. The fourth-order valence-electron chi connectivity index (χ4n) is 3.62. The maximum atomic E-state index is 14.6. The maximum Gasteiger partial charge on any atom is 0.267 e. The van der Waals surface area contributed by atoms with E-state index in [4.69, 9.17) is 4.74 Å². The van der Waals surface area contributed by atoms with Gasteiger partial charge in [-0.25, -0.2) is 9.37 Å². The minimum Gasteiger partial charge on any atom is -0.494 e. The second-order valence-corrected chi connectivity index (χ2v) is 8.17. The number of aryl methyl sites for hydroxylation is 1. The summed E-state index contributed by atoms with van der Waals surface area (Å²) in [6, 6.07) is 12.5. The Balaban J connectivity index is 1.58. The van der Waals surface area contributed by atoms with Crippen molar-refractivity contribution in [1.29, 1.82) is 0 Å².